The number of halogens is 3. The van der Waals surface area contributed by atoms with Crippen molar-refractivity contribution >= 4 is 11.8 Å². The van der Waals surface area contributed by atoms with Crippen molar-refractivity contribution in [2.45, 2.75) is 12.2 Å². The van der Waals surface area contributed by atoms with Crippen molar-refractivity contribution in [3.8, 4) is 0 Å². The second kappa shape index (κ2) is 7.08. The Morgan fingerprint density at radius 2 is 1.92 bits per heavy atom. The molecule has 132 valence electrons. The van der Waals surface area contributed by atoms with Crippen LogP contribution in [-0.4, -0.2) is 49.6 Å². The molecular formula is C15H20F3N5O. The molecule has 0 saturated carbocycles. The van der Waals surface area contributed by atoms with Gasteiger partial charge in [0.1, 0.15) is 11.6 Å². The summed E-state index contributed by atoms with van der Waals surface area (Å²) in [7, 11) is 6.95. The van der Waals surface area contributed by atoms with Crippen molar-refractivity contribution in [2.75, 3.05) is 45.0 Å². The van der Waals surface area contributed by atoms with Crippen LogP contribution >= 0.6 is 0 Å². The van der Waals surface area contributed by atoms with E-state index in [0.717, 1.165) is 6.07 Å². The van der Waals surface area contributed by atoms with Crippen LogP contribution in [-0.2, 0) is 6.18 Å². The summed E-state index contributed by atoms with van der Waals surface area (Å²) in [4.78, 5) is 11.1. The minimum absolute atomic E-state index is 0.0769. The average molecular weight is 343 g/mol. The molecule has 9 heteroatoms. The summed E-state index contributed by atoms with van der Waals surface area (Å²) >= 11 is 0. The zero-order valence-corrected chi connectivity index (χ0v) is 13.9. The van der Waals surface area contributed by atoms with Crippen LogP contribution in [0.3, 0.4) is 0 Å². The van der Waals surface area contributed by atoms with Crippen LogP contribution in [0.5, 0.6) is 0 Å². The minimum Gasteiger partial charge on any atom is -0.468 e. The van der Waals surface area contributed by atoms with Gasteiger partial charge in [-0.2, -0.15) is 18.2 Å². The molecule has 2 aromatic heterocycles. The molecule has 0 aliphatic carbocycles. The molecule has 0 fully saturated rings. The quantitative estimate of drug-likeness (QED) is 0.870. The maximum Gasteiger partial charge on any atom is 0.433 e. The summed E-state index contributed by atoms with van der Waals surface area (Å²) in [6.07, 6.45) is -2.98. The van der Waals surface area contributed by atoms with Crippen molar-refractivity contribution in [2.24, 2.45) is 0 Å². The third-order valence-electron chi connectivity index (χ3n) is 3.41. The first kappa shape index (κ1) is 18.1. The van der Waals surface area contributed by atoms with Gasteiger partial charge in [-0.1, -0.05) is 0 Å². The van der Waals surface area contributed by atoms with Gasteiger partial charge in [-0.05, 0) is 26.2 Å². The van der Waals surface area contributed by atoms with Gasteiger partial charge in [0, 0.05) is 26.7 Å². The summed E-state index contributed by atoms with van der Waals surface area (Å²) in [5, 5.41) is 2.87. The number of hydrogen-bond donors (Lipinski definition) is 1. The van der Waals surface area contributed by atoms with Crippen molar-refractivity contribution in [1.29, 1.82) is 0 Å². The van der Waals surface area contributed by atoms with Gasteiger partial charge in [0.2, 0.25) is 5.95 Å². The average Bonchev–Trinajstić information content (AvgIpc) is 3.00. The normalized spacial score (nSPS) is 13.2. The zero-order valence-electron chi connectivity index (χ0n) is 13.9. The summed E-state index contributed by atoms with van der Waals surface area (Å²) in [6.45, 7) is 0.300. The molecular weight excluding hydrogens is 323 g/mol. The fourth-order valence-electron chi connectivity index (χ4n) is 2.09. The predicted molar refractivity (Wildman–Crippen MR) is 85.0 cm³/mol. The van der Waals surface area contributed by atoms with E-state index in [1.165, 1.54) is 4.90 Å². The molecule has 0 bridgehead atoms. The van der Waals surface area contributed by atoms with E-state index in [2.05, 4.69) is 15.3 Å². The first-order chi connectivity index (χ1) is 11.2. The Labute approximate surface area is 138 Å². The molecule has 0 aliphatic heterocycles. The third kappa shape index (κ3) is 4.38. The topological polar surface area (TPSA) is 57.4 Å². The Morgan fingerprint density at radius 3 is 2.42 bits per heavy atom. The van der Waals surface area contributed by atoms with E-state index >= 15 is 0 Å². The van der Waals surface area contributed by atoms with Gasteiger partial charge in [-0.15, -0.1) is 0 Å². The predicted octanol–water partition coefficient (Wildman–Crippen LogP) is 2.87. The highest BCUT2D eigenvalue weighted by Crippen LogP contribution is 2.30. The van der Waals surface area contributed by atoms with Gasteiger partial charge in [0.25, 0.3) is 0 Å². The Bertz CT molecular complexity index is 656. The maximum atomic E-state index is 13.0. The SMILES string of the molecule is CN(C)c1cc(C(F)(F)F)nc(NCC(c2ccco2)N(C)C)n1. The van der Waals surface area contributed by atoms with Crippen LogP contribution in [0.2, 0.25) is 0 Å². The van der Waals surface area contributed by atoms with E-state index in [9.17, 15) is 13.2 Å². The van der Waals surface area contributed by atoms with Gasteiger partial charge in [-0.3, -0.25) is 4.90 Å². The molecule has 24 heavy (non-hydrogen) atoms. The lowest BCUT2D eigenvalue weighted by atomic mass is 10.2. The number of rotatable bonds is 6. The standard InChI is InChI=1S/C15H20F3N5O/c1-22(2)10(11-6-5-7-24-11)9-19-14-20-12(15(16,17)18)8-13(21-14)23(3)4/h5-8,10H,9H2,1-4H3,(H,19,20,21). The van der Waals surface area contributed by atoms with E-state index in [-0.39, 0.29) is 17.8 Å². The van der Waals surface area contributed by atoms with Crippen molar-refractivity contribution in [3.63, 3.8) is 0 Å². The van der Waals surface area contributed by atoms with Gasteiger partial charge >= 0.3 is 6.18 Å². The van der Waals surface area contributed by atoms with Crippen molar-refractivity contribution in [3.05, 3.63) is 35.9 Å². The Morgan fingerprint density at radius 1 is 1.21 bits per heavy atom. The minimum atomic E-state index is -4.54. The number of aromatic nitrogens is 2. The fraction of sp³-hybridized carbons (Fsp3) is 0.467. The molecule has 0 aliphatic rings. The smallest absolute Gasteiger partial charge is 0.433 e. The molecule has 0 radical (unpaired) electrons. The van der Waals surface area contributed by atoms with E-state index in [1.54, 1.807) is 26.4 Å². The largest absolute Gasteiger partial charge is 0.468 e. The first-order valence-corrected chi connectivity index (χ1v) is 7.26. The first-order valence-electron chi connectivity index (χ1n) is 7.26. The lowest BCUT2D eigenvalue weighted by Gasteiger charge is -2.23. The lowest BCUT2D eigenvalue weighted by Crippen LogP contribution is -2.27. The molecule has 0 amide bonds. The molecule has 1 atom stereocenters. The summed E-state index contributed by atoms with van der Waals surface area (Å²) in [6, 6.07) is 4.32. The monoisotopic (exact) mass is 343 g/mol. The van der Waals surface area contributed by atoms with Crippen LogP contribution in [0.4, 0.5) is 24.9 Å². The van der Waals surface area contributed by atoms with Crippen LogP contribution in [0.1, 0.15) is 17.5 Å². The number of furan rings is 1. The van der Waals surface area contributed by atoms with E-state index in [1.807, 2.05) is 25.1 Å². The Hall–Kier alpha value is -2.29. The molecule has 0 saturated heterocycles. The van der Waals surface area contributed by atoms with Crippen LogP contribution < -0.4 is 10.2 Å². The van der Waals surface area contributed by atoms with Crippen molar-refractivity contribution in [1.82, 2.24) is 14.9 Å². The highest BCUT2D eigenvalue weighted by Gasteiger charge is 2.34. The van der Waals surface area contributed by atoms with E-state index in [0.29, 0.717) is 12.3 Å². The third-order valence-corrected chi connectivity index (χ3v) is 3.41. The summed E-state index contributed by atoms with van der Waals surface area (Å²) < 4.78 is 44.4. The maximum absolute atomic E-state index is 13.0. The molecule has 2 aromatic rings. The number of nitrogens with one attached hydrogen (secondary N) is 1. The van der Waals surface area contributed by atoms with Crippen LogP contribution in [0.15, 0.2) is 28.9 Å². The second-order valence-corrected chi connectivity index (χ2v) is 5.70. The van der Waals surface area contributed by atoms with Gasteiger partial charge in [0.15, 0.2) is 5.69 Å². The molecule has 0 spiro atoms. The Balaban J connectivity index is 2.23. The molecule has 1 unspecified atom stereocenters. The fourth-order valence-corrected chi connectivity index (χ4v) is 2.09. The van der Waals surface area contributed by atoms with Gasteiger partial charge in [-0.25, -0.2) is 4.98 Å². The lowest BCUT2D eigenvalue weighted by molar-refractivity contribution is -0.141. The molecule has 2 heterocycles. The van der Waals surface area contributed by atoms with Crippen LogP contribution in [0.25, 0.3) is 0 Å². The van der Waals surface area contributed by atoms with Crippen molar-refractivity contribution < 1.29 is 17.6 Å². The summed E-state index contributed by atoms with van der Waals surface area (Å²) in [5.74, 6) is 0.804. The summed E-state index contributed by atoms with van der Waals surface area (Å²) in [5.41, 5.74) is -0.983. The number of anilines is 2. The molecule has 2 rings (SSSR count). The molecule has 1 N–H and O–H groups in total. The number of alkyl halides is 3. The van der Waals surface area contributed by atoms with Gasteiger partial charge < -0.3 is 14.6 Å². The highest BCUT2D eigenvalue weighted by atomic mass is 19.4. The number of likely N-dealkylation sites (N-methyl/N-ethyl adjacent to an activating group) is 1. The highest BCUT2D eigenvalue weighted by molar-refractivity contribution is 5.44. The van der Waals surface area contributed by atoms with Gasteiger partial charge in [0.05, 0.1) is 12.3 Å². The number of nitrogens with zero attached hydrogens (tertiary/aromatic N) is 4. The second-order valence-electron chi connectivity index (χ2n) is 5.70. The Kier molecular flexibility index (Phi) is 5.33. The van der Waals surface area contributed by atoms with Crippen LogP contribution in [0, 0.1) is 0 Å². The van der Waals surface area contributed by atoms with E-state index in [4.69, 9.17) is 4.42 Å². The molecule has 6 nitrogen and oxygen atoms in total. The van der Waals surface area contributed by atoms with E-state index < -0.39 is 11.9 Å². The molecule has 0 aromatic carbocycles. The zero-order chi connectivity index (χ0) is 17.9. The number of hydrogen-bond acceptors (Lipinski definition) is 6.